The lowest BCUT2D eigenvalue weighted by molar-refractivity contribution is 0.200. The van der Waals surface area contributed by atoms with Crippen LogP contribution in [0.2, 0.25) is 0 Å². The molecule has 1 fully saturated rings. The molecule has 0 saturated carbocycles. The summed E-state index contributed by atoms with van der Waals surface area (Å²) >= 11 is 0. The van der Waals surface area contributed by atoms with Crippen LogP contribution >= 0.6 is 0 Å². The van der Waals surface area contributed by atoms with Crippen molar-refractivity contribution in [3.05, 3.63) is 60.2 Å². The van der Waals surface area contributed by atoms with Crippen molar-refractivity contribution in [2.75, 3.05) is 26.2 Å². The Hall–Kier alpha value is -1.78. The van der Waals surface area contributed by atoms with Gasteiger partial charge in [-0.05, 0) is 50.2 Å². The van der Waals surface area contributed by atoms with Gasteiger partial charge in [-0.3, -0.25) is 9.97 Å². The number of nitrogens with zero attached hydrogens (tertiary/aromatic N) is 3. The fourth-order valence-electron chi connectivity index (χ4n) is 3.13. The number of hydrogen-bond donors (Lipinski definition) is 1. The van der Waals surface area contributed by atoms with Gasteiger partial charge in [0.2, 0.25) is 0 Å². The molecule has 2 aromatic rings. The minimum Gasteiger partial charge on any atom is -0.313 e. The minimum atomic E-state index is 0.657. The molecule has 1 saturated heterocycles. The third-order valence-corrected chi connectivity index (χ3v) is 4.54. The molecule has 23 heavy (non-hydrogen) atoms. The first kappa shape index (κ1) is 16.1. The molecule has 0 radical (unpaired) electrons. The lowest BCUT2D eigenvalue weighted by Crippen LogP contribution is -2.43. The highest BCUT2D eigenvalue weighted by molar-refractivity contribution is 5.04. The zero-order valence-corrected chi connectivity index (χ0v) is 13.7. The van der Waals surface area contributed by atoms with E-state index in [4.69, 9.17) is 0 Å². The lowest BCUT2D eigenvalue weighted by atomic mass is 10.0. The maximum atomic E-state index is 4.40. The Labute approximate surface area is 139 Å². The molecular formula is C19H26N4. The Bertz CT molecular complexity index is 550. The molecule has 122 valence electrons. The van der Waals surface area contributed by atoms with Gasteiger partial charge in [0.15, 0.2) is 0 Å². The van der Waals surface area contributed by atoms with Crippen LogP contribution in [-0.2, 0) is 12.8 Å². The standard InChI is InChI=1S/C19H26N4/c1-3-11-20-17(5-1)7-13-22-19-9-15-23(16-10-19)14-8-18-6-2-4-12-21-18/h1-6,11-12,19,22H,7-10,13-16H2. The third-order valence-electron chi connectivity index (χ3n) is 4.54. The van der Waals surface area contributed by atoms with E-state index in [2.05, 4.69) is 44.5 Å². The molecular weight excluding hydrogens is 284 g/mol. The van der Waals surface area contributed by atoms with Gasteiger partial charge in [0, 0.05) is 55.8 Å². The van der Waals surface area contributed by atoms with Crippen molar-refractivity contribution in [3.8, 4) is 0 Å². The van der Waals surface area contributed by atoms with E-state index in [-0.39, 0.29) is 0 Å². The van der Waals surface area contributed by atoms with Crippen LogP contribution in [-0.4, -0.2) is 47.1 Å². The predicted molar refractivity (Wildman–Crippen MR) is 93.3 cm³/mol. The number of pyridine rings is 2. The smallest absolute Gasteiger partial charge is 0.0416 e. The Morgan fingerprint density at radius 1 is 0.913 bits per heavy atom. The van der Waals surface area contributed by atoms with Crippen LogP contribution in [0.4, 0.5) is 0 Å². The van der Waals surface area contributed by atoms with E-state index < -0.39 is 0 Å². The van der Waals surface area contributed by atoms with Crippen LogP contribution in [0.3, 0.4) is 0 Å². The third kappa shape index (κ3) is 5.41. The summed E-state index contributed by atoms with van der Waals surface area (Å²) in [5.41, 5.74) is 2.37. The number of hydrogen-bond acceptors (Lipinski definition) is 4. The average molecular weight is 310 g/mol. The second-order valence-corrected chi connectivity index (χ2v) is 6.21. The van der Waals surface area contributed by atoms with Gasteiger partial charge >= 0.3 is 0 Å². The Balaban J connectivity index is 1.31. The summed E-state index contributed by atoms with van der Waals surface area (Å²) < 4.78 is 0. The van der Waals surface area contributed by atoms with E-state index in [1.165, 1.54) is 37.3 Å². The average Bonchev–Trinajstić information content (AvgIpc) is 2.63. The minimum absolute atomic E-state index is 0.657. The number of likely N-dealkylation sites (tertiary alicyclic amines) is 1. The number of piperidine rings is 1. The monoisotopic (exact) mass is 310 g/mol. The molecule has 0 aromatic carbocycles. The van der Waals surface area contributed by atoms with Crippen LogP contribution in [0.25, 0.3) is 0 Å². The van der Waals surface area contributed by atoms with Gasteiger partial charge in [0.05, 0.1) is 0 Å². The molecule has 0 unspecified atom stereocenters. The van der Waals surface area contributed by atoms with E-state index in [9.17, 15) is 0 Å². The van der Waals surface area contributed by atoms with Crippen LogP contribution in [0.1, 0.15) is 24.2 Å². The zero-order valence-electron chi connectivity index (χ0n) is 13.7. The van der Waals surface area contributed by atoms with Gasteiger partial charge in [-0.2, -0.15) is 0 Å². The fourth-order valence-corrected chi connectivity index (χ4v) is 3.13. The summed E-state index contributed by atoms with van der Waals surface area (Å²) in [4.78, 5) is 11.3. The molecule has 0 bridgehead atoms. The molecule has 1 aliphatic rings. The van der Waals surface area contributed by atoms with Crippen molar-refractivity contribution in [2.24, 2.45) is 0 Å². The van der Waals surface area contributed by atoms with Gasteiger partial charge in [0.1, 0.15) is 0 Å². The maximum absolute atomic E-state index is 4.40. The van der Waals surface area contributed by atoms with Crippen molar-refractivity contribution in [3.63, 3.8) is 0 Å². The summed E-state index contributed by atoms with van der Waals surface area (Å²) in [5.74, 6) is 0. The van der Waals surface area contributed by atoms with Gasteiger partial charge in [-0.1, -0.05) is 12.1 Å². The molecule has 0 amide bonds. The summed E-state index contributed by atoms with van der Waals surface area (Å²) in [6.45, 7) is 4.52. The lowest BCUT2D eigenvalue weighted by Gasteiger charge is -2.32. The van der Waals surface area contributed by atoms with E-state index >= 15 is 0 Å². The SMILES string of the molecule is c1ccc(CCNC2CCN(CCc3ccccn3)CC2)nc1. The van der Waals surface area contributed by atoms with Crippen LogP contribution in [0.15, 0.2) is 48.8 Å². The van der Waals surface area contributed by atoms with E-state index in [0.717, 1.165) is 25.9 Å². The molecule has 0 aliphatic carbocycles. The van der Waals surface area contributed by atoms with Crippen molar-refractivity contribution in [2.45, 2.75) is 31.7 Å². The van der Waals surface area contributed by atoms with Gasteiger partial charge < -0.3 is 10.2 Å². The second kappa shape index (κ2) is 8.75. The van der Waals surface area contributed by atoms with Crippen LogP contribution in [0.5, 0.6) is 0 Å². The molecule has 1 N–H and O–H groups in total. The highest BCUT2D eigenvalue weighted by Crippen LogP contribution is 2.11. The van der Waals surface area contributed by atoms with Gasteiger partial charge in [-0.15, -0.1) is 0 Å². The normalized spacial score (nSPS) is 16.5. The molecule has 3 heterocycles. The summed E-state index contributed by atoms with van der Waals surface area (Å²) in [6, 6.07) is 12.9. The van der Waals surface area contributed by atoms with Gasteiger partial charge in [-0.25, -0.2) is 0 Å². The molecule has 0 spiro atoms. The largest absolute Gasteiger partial charge is 0.313 e. The van der Waals surface area contributed by atoms with Crippen molar-refractivity contribution >= 4 is 0 Å². The van der Waals surface area contributed by atoms with Gasteiger partial charge in [0.25, 0.3) is 0 Å². The highest BCUT2D eigenvalue weighted by atomic mass is 15.1. The maximum Gasteiger partial charge on any atom is 0.0416 e. The first-order valence-corrected chi connectivity index (χ1v) is 8.66. The Morgan fingerprint density at radius 2 is 1.57 bits per heavy atom. The molecule has 4 heteroatoms. The number of nitrogens with one attached hydrogen (secondary N) is 1. The Morgan fingerprint density at radius 3 is 2.17 bits per heavy atom. The van der Waals surface area contributed by atoms with Crippen molar-refractivity contribution in [1.29, 1.82) is 0 Å². The van der Waals surface area contributed by atoms with Crippen molar-refractivity contribution < 1.29 is 0 Å². The number of aromatic nitrogens is 2. The topological polar surface area (TPSA) is 41.0 Å². The second-order valence-electron chi connectivity index (χ2n) is 6.21. The zero-order chi connectivity index (χ0) is 15.7. The van der Waals surface area contributed by atoms with E-state index in [1.54, 1.807) is 0 Å². The van der Waals surface area contributed by atoms with Crippen molar-refractivity contribution in [1.82, 2.24) is 20.2 Å². The summed E-state index contributed by atoms with van der Waals surface area (Å²) in [5, 5.41) is 3.69. The summed E-state index contributed by atoms with van der Waals surface area (Å²) in [7, 11) is 0. The molecule has 3 rings (SSSR count). The fraction of sp³-hybridized carbons (Fsp3) is 0.474. The summed E-state index contributed by atoms with van der Waals surface area (Å²) in [6.07, 6.45) is 8.30. The molecule has 2 aromatic heterocycles. The van der Waals surface area contributed by atoms with E-state index in [0.29, 0.717) is 6.04 Å². The molecule has 0 atom stereocenters. The molecule has 4 nitrogen and oxygen atoms in total. The molecule has 1 aliphatic heterocycles. The van der Waals surface area contributed by atoms with Crippen LogP contribution in [0, 0.1) is 0 Å². The van der Waals surface area contributed by atoms with Crippen LogP contribution < -0.4 is 5.32 Å². The highest BCUT2D eigenvalue weighted by Gasteiger charge is 2.18. The van der Waals surface area contributed by atoms with E-state index in [1.807, 2.05) is 24.5 Å². The first-order chi connectivity index (χ1) is 11.4. The quantitative estimate of drug-likeness (QED) is 0.852. The first-order valence-electron chi connectivity index (χ1n) is 8.66. The number of rotatable bonds is 7. The Kier molecular flexibility index (Phi) is 6.12. The predicted octanol–water partition coefficient (Wildman–Crippen LogP) is 2.32.